The minimum Gasteiger partial charge on any atom is -0.494 e. The first-order valence-electron chi connectivity index (χ1n) is 7.35. The standard InChI is InChI=1S/C15H24N2O4S2/c1-5-6-9-22-11(2)15(18)16-12-7-8-13(14(10-12)21-3)17-23(4,19)20/h7-8,10-11,17H,5-6,9H2,1-4H3,(H,16,18). The van der Waals surface area contributed by atoms with Crippen LogP contribution in [0, 0.1) is 0 Å². The van der Waals surface area contributed by atoms with Crippen molar-refractivity contribution in [2.24, 2.45) is 0 Å². The van der Waals surface area contributed by atoms with E-state index in [0.717, 1.165) is 24.9 Å². The molecule has 1 unspecified atom stereocenters. The van der Waals surface area contributed by atoms with E-state index in [1.165, 1.54) is 7.11 Å². The van der Waals surface area contributed by atoms with Crippen molar-refractivity contribution in [1.82, 2.24) is 0 Å². The Balaban J connectivity index is 2.76. The molecule has 0 spiro atoms. The van der Waals surface area contributed by atoms with Gasteiger partial charge in [0, 0.05) is 11.8 Å². The molecular weight excluding hydrogens is 336 g/mol. The number of unbranched alkanes of at least 4 members (excludes halogenated alkanes) is 1. The zero-order valence-corrected chi connectivity index (χ0v) is 15.5. The Morgan fingerprint density at radius 3 is 2.65 bits per heavy atom. The molecule has 0 aliphatic heterocycles. The number of ether oxygens (including phenoxy) is 1. The number of nitrogens with one attached hydrogen (secondary N) is 2. The van der Waals surface area contributed by atoms with Crippen molar-refractivity contribution >= 4 is 39.1 Å². The molecule has 0 bridgehead atoms. The lowest BCUT2D eigenvalue weighted by Gasteiger charge is -2.14. The minimum atomic E-state index is -3.39. The minimum absolute atomic E-state index is 0.0861. The predicted molar refractivity (Wildman–Crippen MR) is 96.9 cm³/mol. The van der Waals surface area contributed by atoms with E-state index < -0.39 is 10.0 Å². The van der Waals surface area contributed by atoms with Gasteiger partial charge in [0.2, 0.25) is 15.9 Å². The monoisotopic (exact) mass is 360 g/mol. The van der Waals surface area contributed by atoms with Gasteiger partial charge in [0.05, 0.1) is 24.3 Å². The number of thioether (sulfide) groups is 1. The Morgan fingerprint density at radius 1 is 1.39 bits per heavy atom. The number of hydrogen-bond donors (Lipinski definition) is 2. The van der Waals surface area contributed by atoms with E-state index in [-0.39, 0.29) is 11.2 Å². The first-order chi connectivity index (χ1) is 10.8. The molecule has 23 heavy (non-hydrogen) atoms. The number of amides is 1. The van der Waals surface area contributed by atoms with E-state index in [9.17, 15) is 13.2 Å². The molecule has 2 N–H and O–H groups in total. The summed E-state index contributed by atoms with van der Waals surface area (Å²) in [4.78, 5) is 12.1. The first kappa shape index (κ1) is 19.6. The number of rotatable bonds is 9. The summed E-state index contributed by atoms with van der Waals surface area (Å²) in [5.41, 5.74) is 0.896. The molecule has 0 saturated carbocycles. The van der Waals surface area contributed by atoms with Crippen LogP contribution in [-0.2, 0) is 14.8 Å². The third-order valence-corrected chi connectivity index (χ3v) is 4.83. The molecule has 1 amide bonds. The van der Waals surface area contributed by atoms with Gasteiger partial charge in [0.15, 0.2) is 0 Å². The molecule has 1 aromatic carbocycles. The fourth-order valence-corrected chi connectivity index (χ4v) is 3.36. The zero-order chi connectivity index (χ0) is 17.5. The third-order valence-electron chi connectivity index (χ3n) is 3.00. The number of hydrogen-bond acceptors (Lipinski definition) is 5. The highest BCUT2D eigenvalue weighted by Crippen LogP contribution is 2.29. The summed E-state index contributed by atoms with van der Waals surface area (Å²) in [6.45, 7) is 3.98. The molecule has 130 valence electrons. The molecule has 0 aliphatic carbocycles. The molecule has 0 aromatic heterocycles. The van der Waals surface area contributed by atoms with Crippen molar-refractivity contribution in [3.63, 3.8) is 0 Å². The maximum Gasteiger partial charge on any atom is 0.237 e. The number of benzene rings is 1. The molecule has 1 rings (SSSR count). The van der Waals surface area contributed by atoms with Crippen LogP contribution < -0.4 is 14.8 Å². The van der Waals surface area contributed by atoms with Gasteiger partial charge in [-0.1, -0.05) is 13.3 Å². The second-order valence-corrected chi connectivity index (χ2v) is 8.34. The van der Waals surface area contributed by atoms with Crippen LogP contribution in [-0.4, -0.2) is 38.7 Å². The highest BCUT2D eigenvalue weighted by atomic mass is 32.2. The van der Waals surface area contributed by atoms with Crippen LogP contribution in [0.4, 0.5) is 11.4 Å². The SMILES string of the molecule is CCCCSC(C)C(=O)Nc1ccc(NS(C)(=O)=O)c(OC)c1. The van der Waals surface area contributed by atoms with Crippen LogP contribution >= 0.6 is 11.8 Å². The highest BCUT2D eigenvalue weighted by molar-refractivity contribution is 8.00. The molecular formula is C15H24N2O4S2. The summed E-state index contributed by atoms with van der Waals surface area (Å²) < 4.78 is 30.2. The molecule has 0 radical (unpaired) electrons. The van der Waals surface area contributed by atoms with Gasteiger partial charge in [-0.2, -0.15) is 0 Å². The lowest BCUT2D eigenvalue weighted by atomic mass is 10.2. The Labute approximate surface area is 142 Å². The van der Waals surface area contributed by atoms with Crippen molar-refractivity contribution in [3.05, 3.63) is 18.2 Å². The number of sulfonamides is 1. The summed E-state index contributed by atoms with van der Waals surface area (Å²) in [6.07, 6.45) is 3.26. The molecule has 0 aliphatic rings. The predicted octanol–water partition coefficient (Wildman–Crippen LogP) is 2.93. The largest absolute Gasteiger partial charge is 0.494 e. The molecule has 1 atom stereocenters. The quantitative estimate of drug-likeness (QED) is 0.662. The lowest BCUT2D eigenvalue weighted by Crippen LogP contribution is -2.22. The van der Waals surface area contributed by atoms with E-state index in [0.29, 0.717) is 17.1 Å². The van der Waals surface area contributed by atoms with Gasteiger partial charge in [-0.25, -0.2) is 8.42 Å². The van der Waals surface area contributed by atoms with E-state index >= 15 is 0 Å². The Bertz CT molecular complexity index is 632. The average molecular weight is 361 g/mol. The fraction of sp³-hybridized carbons (Fsp3) is 0.533. The first-order valence-corrected chi connectivity index (χ1v) is 10.3. The third kappa shape index (κ3) is 7.13. The van der Waals surface area contributed by atoms with Gasteiger partial charge >= 0.3 is 0 Å². The van der Waals surface area contributed by atoms with Crippen LogP contribution in [0.5, 0.6) is 5.75 Å². The number of anilines is 2. The molecule has 0 saturated heterocycles. The second-order valence-electron chi connectivity index (χ2n) is 5.15. The maximum absolute atomic E-state index is 12.1. The molecule has 1 aromatic rings. The van der Waals surface area contributed by atoms with E-state index in [4.69, 9.17) is 4.74 Å². The van der Waals surface area contributed by atoms with E-state index in [1.54, 1.807) is 30.0 Å². The molecule has 8 heteroatoms. The summed E-state index contributed by atoms with van der Waals surface area (Å²) in [7, 11) is -1.95. The average Bonchev–Trinajstić information content (AvgIpc) is 2.47. The summed E-state index contributed by atoms with van der Waals surface area (Å²) in [5.74, 6) is 1.21. The van der Waals surface area contributed by atoms with Gasteiger partial charge in [0.25, 0.3) is 0 Å². The molecule has 0 fully saturated rings. The fourth-order valence-electron chi connectivity index (χ4n) is 1.78. The highest BCUT2D eigenvalue weighted by Gasteiger charge is 2.15. The van der Waals surface area contributed by atoms with E-state index in [1.807, 2.05) is 6.92 Å². The smallest absolute Gasteiger partial charge is 0.237 e. The second kappa shape index (κ2) is 9.02. The lowest BCUT2D eigenvalue weighted by molar-refractivity contribution is -0.115. The van der Waals surface area contributed by atoms with Gasteiger partial charge in [0.1, 0.15) is 5.75 Å². The van der Waals surface area contributed by atoms with Gasteiger partial charge in [-0.15, -0.1) is 11.8 Å². The Kier molecular flexibility index (Phi) is 7.70. The maximum atomic E-state index is 12.1. The van der Waals surface area contributed by atoms with Crippen molar-refractivity contribution in [2.45, 2.75) is 31.9 Å². The van der Waals surface area contributed by atoms with Crippen molar-refractivity contribution in [2.75, 3.05) is 29.2 Å². The van der Waals surface area contributed by atoms with E-state index in [2.05, 4.69) is 17.0 Å². The van der Waals surface area contributed by atoms with Gasteiger partial charge < -0.3 is 10.1 Å². The van der Waals surface area contributed by atoms with Crippen molar-refractivity contribution in [1.29, 1.82) is 0 Å². The Morgan fingerprint density at radius 2 is 2.09 bits per heavy atom. The van der Waals surface area contributed by atoms with Gasteiger partial charge in [-0.3, -0.25) is 9.52 Å². The summed E-state index contributed by atoms with van der Waals surface area (Å²) >= 11 is 1.61. The number of carbonyl (C=O) groups is 1. The number of carbonyl (C=O) groups excluding carboxylic acids is 1. The Hall–Kier alpha value is -1.41. The van der Waals surface area contributed by atoms with Gasteiger partial charge in [-0.05, 0) is 31.2 Å². The molecule has 0 heterocycles. The summed E-state index contributed by atoms with van der Waals surface area (Å²) in [5, 5.41) is 2.66. The van der Waals surface area contributed by atoms with Crippen LogP contribution in [0.25, 0.3) is 0 Å². The van der Waals surface area contributed by atoms with Crippen LogP contribution in [0.1, 0.15) is 26.7 Å². The summed E-state index contributed by atoms with van der Waals surface area (Å²) in [6, 6.07) is 4.79. The van der Waals surface area contributed by atoms with Crippen molar-refractivity contribution in [3.8, 4) is 5.75 Å². The van der Waals surface area contributed by atoms with Crippen LogP contribution in [0.2, 0.25) is 0 Å². The van der Waals surface area contributed by atoms with Crippen molar-refractivity contribution < 1.29 is 17.9 Å². The normalized spacial score (nSPS) is 12.5. The van der Waals surface area contributed by atoms with Crippen LogP contribution in [0.3, 0.4) is 0 Å². The molecule has 6 nitrogen and oxygen atoms in total. The van der Waals surface area contributed by atoms with Crippen LogP contribution in [0.15, 0.2) is 18.2 Å². The number of methoxy groups -OCH3 is 1. The zero-order valence-electron chi connectivity index (χ0n) is 13.9. The topological polar surface area (TPSA) is 84.5 Å².